The SMILES string of the molecule is CC1(C)CN(S(=O)(=O)c2c[nH]c(=O)c(Cl)c2)CC(C)(C)O1. The van der Waals surface area contributed by atoms with E-state index in [1.165, 1.54) is 16.6 Å². The molecule has 1 saturated heterocycles. The van der Waals surface area contributed by atoms with E-state index < -0.39 is 26.8 Å². The standard InChI is InChI=1S/C13H19ClN2O4S/c1-12(2)7-16(8-13(3,4)20-12)21(18,19)9-5-10(14)11(17)15-6-9/h5-6H,7-8H2,1-4H3,(H,15,17). The van der Waals surface area contributed by atoms with Crippen molar-refractivity contribution >= 4 is 21.6 Å². The summed E-state index contributed by atoms with van der Waals surface area (Å²) in [5.74, 6) is 0. The molecule has 1 fully saturated rings. The van der Waals surface area contributed by atoms with Crippen LogP contribution in [0.3, 0.4) is 0 Å². The molecule has 0 aliphatic carbocycles. The van der Waals surface area contributed by atoms with Gasteiger partial charge in [0.25, 0.3) is 5.56 Å². The van der Waals surface area contributed by atoms with Crippen LogP contribution >= 0.6 is 11.6 Å². The molecule has 21 heavy (non-hydrogen) atoms. The molecule has 0 spiro atoms. The van der Waals surface area contributed by atoms with Crippen molar-refractivity contribution in [2.24, 2.45) is 0 Å². The molecule has 1 N–H and O–H groups in total. The summed E-state index contributed by atoms with van der Waals surface area (Å²) < 4.78 is 32.7. The Morgan fingerprint density at radius 2 is 1.76 bits per heavy atom. The van der Waals surface area contributed by atoms with Gasteiger partial charge in [0.1, 0.15) is 5.02 Å². The van der Waals surface area contributed by atoms with Crippen molar-refractivity contribution in [1.82, 2.24) is 9.29 Å². The summed E-state index contributed by atoms with van der Waals surface area (Å²) in [7, 11) is -3.74. The Morgan fingerprint density at radius 3 is 2.24 bits per heavy atom. The lowest BCUT2D eigenvalue weighted by molar-refractivity contribution is -0.163. The molecule has 0 bridgehead atoms. The number of nitrogens with one attached hydrogen (secondary N) is 1. The molecule has 1 aliphatic rings. The number of halogens is 1. The summed E-state index contributed by atoms with van der Waals surface area (Å²) in [6.45, 7) is 7.84. The Bertz CT molecular complexity index is 693. The Balaban J connectivity index is 2.43. The van der Waals surface area contributed by atoms with E-state index in [1.807, 2.05) is 27.7 Å². The van der Waals surface area contributed by atoms with Crippen LogP contribution in [0.25, 0.3) is 0 Å². The maximum absolute atomic E-state index is 12.7. The van der Waals surface area contributed by atoms with Crippen LogP contribution in [0.4, 0.5) is 0 Å². The van der Waals surface area contributed by atoms with Gasteiger partial charge in [-0.15, -0.1) is 0 Å². The van der Waals surface area contributed by atoms with Crippen LogP contribution < -0.4 is 5.56 Å². The summed E-state index contributed by atoms with van der Waals surface area (Å²) >= 11 is 5.72. The first-order valence-corrected chi connectivity index (χ1v) is 8.33. The van der Waals surface area contributed by atoms with E-state index in [2.05, 4.69) is 4.98 Å². The number of nitrogens with zero attached hydrogens (tertiary/aromatic N) is 1. The molecule has 0 atom stereocenters. The van der Waals surface area contributed by atoms with Gasteiger partial charge in [0.2, 0.25) is 10.0 Å². The lowest BCUT2D eigenvalue weighted by Crippen LogP contribution is -2.58. The zero-order valence-electron chi connectivity index (χ0n) is 12.4. The number of hydrogen-bond acceptors (Lipinski definition) is 4. The fourth-order valence-electron chi connectivity index (χ4n) is 2.62. The molecule has 1 aromatic heterocycles. The van der Waals surface area contributed by atoms with Crippen LogP contribution in [0, 0.1) is 0 Å². The maximum Gasteiger partial charge on any atom is 0.266 e. The molecular formula is C13H19ClN2O4S. The summed E-state index contributed by atoms with van der Waals surface area (Å²) in [5, 5.41) is -0.150. The smallest absolute Gasteiger partial charge is 0.266 e. The van der Waals surface area contributed by atoms with E-state index in [1.54, 1.807) is 0 Å². The minimum absolute atomic E-state index is 0.0272. The minimum Gasteiger partial charge on any atom is -0.367 e. The second-order valence-electron chi connectivity index (χ2n) is 6.41. The van der Waals surface area contributed by atoms with Gasteiger partial charge in [0, 0.05) is 19.3 Å². The molecule has 6 nitrogen and oxygen atoms in total. The van der Waals surface area contributed by atoms with Crippen LogP contribution in [-0.2, 0) is 14.8 Å². The van der Waals surface area contributed by atoms with Crippen LogP contribution in [0.1, 0.15) is 27.7 Å². The number of hydrogen-bond donors (Lipinski definition) is 1. The van der Waals surface area contributed by atoms with E-state index in [0.29, 0.717) is 0 Å². The summed E-state index contributed by atoms with van der Waals surface area (Å²) in [6, 6.07) is 1.17. The highest BCUT2D eigenvalue weighted by Crippen LogP contribution is 2.31. The number of rotatable bonds is 2. The number of sulfonamides is 1. The van der Waals surface area contributed by atoms with Gasteiger partial charge in [-0.25, -0.2) is 8.42 Å². The van der Waals surface area contributed by atoms with Crippen LogP contribution in [0.5, 0.6) is 0 Å². The molecule has 0 saturated carbocycles. The minimum atomic E-state index is -3.74. The zero-order valence-corrected chi connectivity index (χ0v) is 14.0. The van der Waals surface area contributed by atoms with Gasteiger partial charge in [-0.1, -0.05) is 11.6 Å². The molecule has 0 amide bonds. The topological polar surface area (TPSA) is 79.5 Å². The van der Waals surface area contributed by atoms with E-state index in [4.69, 9.17) is 16.3 Å². The van der Waals surface area contributed by atoms with Gasteiger partial charge in [0.15, 0.2) is 0 Å². The first-order chi connectivity index (χ1) is 9.43. The van der Waals surface area contributed by atoms with Crippen molar-refractivity contribution in [2.45, 2.75) is 43.8 Å². The molecule has 1 aromatic rings. The lowest BCUT2D eigenvalue weighted by Gasteiger charge is -2.46. The lowest BCUT2D eigenvalue weighted by atomic mass is 10.0. The van der Waals surface area contributed by atoms with Crippen molar-refractivity contribution in [2.75, 3.05) is 13.1 Å². The first-order valence-electron chi connectivity index (χ1n) is 6.52. The molecule has 2 rings (SSSR count). The van der Waals surface area contributed by atoms with Crippen molar-refractivity contribution in [1.29, 1.82) is 0 Å². The van der Waals surface area contributed by atoms with Crippen molar-refractivity contribution in [3.05, 3.63) is 27.6 Å². The first kappa shape index (κ1) is 16.5. The van der Waals surface area contributed by atoms with Gasteiger partial charge in [-0.05, 0) is 33.8 Å². The van der Waals surface area contributed by atoms with Crippen LogP contribution in [0.15, 0.2) is 22.0 Å². The molecule has 0 radical (unpaired) electrons. The van der Waals surface area contributed by atoms with E-state index >= 15 is 0 Å². The summed E-state index contributed by atoms with van der Waals surface area (Å²) in [4.78, 5) is 13.6. The van der Waals surface area contributed by atoms with Gasteiger partial charge in [-0.3, -0.25) is 4.79 Å². The molecular weight excluding hydrogens is 316 g/mol. The van der Waals surface area contributed by atoms with Gasteiger partial charge in [-0.2, -0.15) is 4.31 Å². The highest BCUT2D eigenvalue weighted by molar-refractivity contribution is 7.89. The third-order valence-electron chi connectivity index (χ3n) is 3.14. The highest BCUT2D eigenvalue weighted by atomic mass is 35.5. The maximum atomic E-state index is 12.7. The Labute approximate surface area is 129 Å². The molecule has 2 heterocycles. The third-order valence-corrected chi connectivity index (χ3v) is 5.19. The predicted molar refractivity (Wildman–Crippen MR) is 80.1 cm³/mol. The fourth-order valence-corrected chi connectivity index (χ4v) is 4.59. The molecule has 118 valence electrons. The van der Waals surface area contributed by atoms with Crippen molar-refractivity contribution in [3.63, 3.8) is 0 Å². The second-order valence-corrected chi connectivity index (χ2v) is 8.75. The number of aromatic amines is 1. The quantitative estimate of drug-likeness (QED) is 0.891. The average Bonchev–Trinajstić information content (AvgIpc) is 2.28. The monoisotopic (exact) mass is 334 g/mol. The van der Waals surface area contributed by atoms with Crippen molar-refractivity contribution in [3.8, 4) is 0 Å². The second kappa shape index (κ2) is 5.08. The van der Waals surface area contributed by atoms with E-state index in [9.17, 15) is 13.2 Å². The Kier molecular flexibility index (Phi) is 3.99. The summed E-state index contributed by atoms with van der Waals surface area (Å²) in [6.07, 6.45) is 1.17. The number of pyridine rings is 1. The zero-order chi connectivity index (χ0) is 16.1. The molecule has 0 unspecified atom stereocenters. The Hall–Kier alpha value is -0.890. The van der Waals surface area contributed by atoms with E-state index in [0.717, 1.165) is 0 Å². The average molecular weight is 335 g/mol. The van der Waals surface area contributed by atoms with Crippen LogP contribution in [-0.4, -0.2) is 42.0 Å². The molecule has 8 heteroatoms. The largest absolute Gasteiger partial charge is 0.367 e. The predicted octanol–water partition coefficient (Wildman–Crippen LogP) is 1.61. The van der Waals surface area contributed by atoms with Gasteiger partial charge >= 0.3 is 0 Å². The third kappa shape index (κ3) is 3.48. The number of aromatic nitrogens is 1. The molecule has 0 aromatic carbocycles. The number of morpholine rings is 1. The van der Waals surface area contributed by atoms with Gasteiger partial charge in [0.05, 0.1) is 16.1 Å². The summed E-state index contributed by atoms with van der Waals surface area (Å²) in [5.41, 5.74) is -1.71. The Morgan fingerprint density at radius 1 is 1.24 bits per heavy atom. The number of ether oxygens (including phenoxy) is 1. The molecule has 1 aliphatic heterocycles. The normalized spacial score (nSPS) is 22.1. The van der Waals surface area contributed by atoms with Crippen molar-refractivity contribution < 1.29 is 13.2 Å². The van der Waals surface area contributed by atoms with Gasteiger partial charge < -0.3 is 9.72 Å². The van der Waals surface area contributed by atoms with Crippen LogP contribution in [0.2, 0.25) is 5.02 Å². The highest BCUT2D eigenvalue weighted by Gasteiger charge is 2.43. The van der Waals surface area contributed by atoms with E-state index in [-0.39, 0.29) is 23.0 Å². The number of H-pyrrole nitrogens is 1. The fraction of sp³-hybridized carbons (Fsp3) is 0.615.